The minimum atomic E-state index is -0.574. The number of carbonyl (C=O) groups excluding carboxylic acids is 2. The molecule has 80 valence electrons. The zero-order valence-electron chi connectivity index (χ0n) is 8.49. The standard InChI is InChI=1S/C11H13NO3/c1-8(13)11(15)12-6-5-9-3-2-4-10(14)7-9/h2-4,7,14H,5-6H2,1H3,(H,12,15). The lowest BCUT2D eigenvalue weighted by Gasteiger charge is -2.03. The monoisotopic (exact) mass is 207 g/mol. The van der Waals surface area contributed by atoms with Gasteiger partial charge in [-0.25, -0.2) is 0 Å². The molecule has 0 aliphatic rings. The molecule has 15 heavy (non-hydrogen) atoms. The summed E-state index contributed by atoms with van der Waals surface area (Å²) in [6, 6.07) is 6.79. The molecule has 1 amide bonds. The molecule has 4 nitrogen and oxygen atoms in total. The van der Waals surface area contributed by atoms with E-state index in [4.69, 9.17) is 5.11 Å². The van der Waals surface area contributed by atoms with Crippen LogP contribution in [0.4, 0.5) is 0 Å². The van der Waals surface area contributed by atoms with E-state index >= 15 is 0 Å². The van der Waals surface area contributed by atoms with Gasteiger partial charge in [-0.15, -0.1) is 0 Å². The lowest BCUT2D eigenvalue weighted by Crippen LogP contribution is -2.30. The average Bonchev–Trinajstić information content (AvgIpc) is 2.17. The van der Waals surface area contributed by atoms with Gasteiger partial charge in [0.25, 0.3) is 5.91 Å². The van der Waals surface area contributed by atoms with E-state index in [1.54, 1.807) is 18.2 Å². The highest BCUT2D eigenvalue weighted by Crippen LogP contribution is 2.10. The van der Waals surface area contributed by atoms with Crippen LogP contribution in [-0.4, -0.2) is 23.3 Å². The topological polar surface area (TPSA) is 66.4 Å². The van der Waals surface area contributed by atoms with E-state index < -0.39 is 11.7 Å². The van der Waals surface area contributed by atoms with Crippen LogP contribution in [0.15, 0.2) is 24.3 Å². The maximum Gasteiger partial charge on any atom is 0.287 e. The van der Waals surface area contributed by atoms with E-state index in [1.807, 2.05) is 6.07 Å². The fourth-order valence-corrected chi connectivity index (χ4v) is 1.16. The summed E-state index contributed by atoms with van der Waals surface area (Å²) in [6.45, 7) is 1.62. The number of hydrogen-bond acceptors (Lipinski definition) is 3. The second-order valence-corrected chi connectivity index (χ2v) is 3.23. The van der Waals surface area contributed by atoms with Gasteiger partial charge in [-0.2, -0.15) is 0 Å². The summed E-state index contributed by atoms with van der Waals surface area (Å²) < 4.78 is 0. The molecular formula is C11H13NO3. The molecule has 1 rings (SSSR count). The number of phenolic OH excluding ortho intramolecular Hbond substituents is 1. The maximum absolute atomic E-state index is 10.9. The maximum atomic E-state index is 10.9. The number of benzene rings is 1. The highest BCUT2D eigenvalue weighted by Gasteiger charge is 2.05. The largest absolute Gasteiger partial charge is 0.508 e. The van der Waals surface area contributed by atoms with Gasteiger partial charge in [-0.3, -0.25) is 9.59 Å². The molecule has 1 aromatic rings. The van der Waals surface area contributed by atoms with Crippen molar-refractivity contribution in [1.29, 1.82) is 0 Å². The van der Waals surface area contributed by atoms with Crippen molar-refractivity contribution in [2.75, 3.05) is 6.54 Å². The van der Waals surface area contributed by atoms with Crippen molar-refractivity contribution in [1.82, 2.24) is 5.32 Å². The van der Waals surface area contributed by atoms with Gasteiger partial charge in [0, 0.05) is 13.5 Å². The van der Waals surface area contributed by atoms with E-state index in [9.17, 15) is 9.59 Å². The first kappa shape index (κ1) is 11.2. The van der Waals surface area contributed by atoms with Crippen LogP contribution in [0, 0.1) is 0 Å². The zero-order valence-corrected chi connectivity index (χ0v) is 8.49. The van der Waals surface area contributed by atoms with Crippen molar-refractivity contribution < 1.29 is 14.7 Å². The highest BCUT2D eigenvalue weighted by molar-refractivity contribution is 6.35. The average molecular weight is 207 g/mol. The molecule has 4 heteroatoms. The van der Waals surface area contributed by atoms with Gasteiger partial charge in [-0.05, 0) is 24.1 Å². The van der Waals surface area contributed by atoms with Gasteiger partial charge >= 0.3 is 0 Å². The summed E-state index contributed by atoms with van der Waals surface area (Å²) in [5.74, 6) is -0.869. The Hall–Kier alpha value is -1.84. The summed E-state index contributed by atoms with van der Waals surface area (Å²) in [6.07, 6.45) is 0.591. The molecular weight excluding hydrogens is 194 g/mol. The van der Waals surface area contributed by atoms with Crippen LogP contribution in [0.3, 0.4) is 0 Å². The van der Waals surface area contributed by atoms with Crippen molar-refractivity contribution in [3.8, 4) is 5.75 Å². The molecule has 0 aliphatic heterocycles. The Labute approximate surface area is 87.9 Å². The lowest BCUT2D eigenvalue weighted by atomic mass is 10.1. The Morgan fingerprint density at radius 1 is 1.40 bits per heavy atom. The van der Waals surface area contributed by atoms with Crippen LogP contribution in [0.25, 0.3) is 0 Å². The van der Waals surface area contributed by atoms with E-state index in [0.29, 0.717) is 13.0 Å². The second-order valence-electron chi connectivity index (χ2n) is 3.23. The number of hydrogen-bond donors (Lipinski definition) is 2. The lowest BCUT2D eigenvalue weighted by molar-refractivity contribution is -0.136. The number of amides is 1. The first-order valence-electron chi connectivity index (χ1n) is 4.66. The third-order valence-electron chi connectivity index (χ3n) is 1.93. The van der Waals surface area contributed by atoms with E-state index in [0.717, 1.165) is 5.56 Å². The van der Waals surface area contributed by atoms with Crippen molar-refractivity contribution in [3.63, 3.8) is 0 Å². The third kappa shape index (κ3) is 3.81. The van der Waals surface area contributed by atoms with Gasteiger partial charge in [-0.1, -0.05) is 12.1 Å². The Bertz CT molecular complexity index is 374. The summed E-state index contributed by atoms with van der Waals surface area (Å²) in [4.78, 5) is 21.5. The molecule has 2 N–H and O–H groups in total. The molecule has 0 saturated heterocycles. The molecule has 0 atom stereocenters. The number of Topliss-reactive ketones (excluding diaryl/α,β-unsaturated/α-hetero) is 1. The number of aromatic hydroxyl groups is 1. The number of phenols is 1. The van der Waals surface area contributed by atoms with Gasteiger partial charge in [0.15, 0.2) is 0 Å². The third-order valence-corrected chi connectivity index (χ3v) is 1.93. The van der Waals surface area contributed by atoms with E-state index in [1.165, 1.54) is 6.92 Å². The number of nitrogens with one attached hydrogen (secondary N) is 1. The molecule has 0 unspecified atom stereocenters. The summed E-state index contributed by atoms with van der Waals surface area (Å²) in [7, 11) is 0. The van der Waals surface area contributed by atoms with Crippen molar-refractivity contribution in [2.24, 2.45) is 0 Å². The molecule has 0 spiro atoms. The van der Waals surface area contributed by atoms with E-state index in [-0.39, 0.29) is 5.75 Å². The number of rotatable bonds is 4. The zero-order chi connectivity index (χ0) is 11.3. The Morgan fingerprint density at radius 2 is 2.13 bits per heavy atom. The minimum absolute atomic E-state index is 0.199. The molecule has 0 heterocycles. The van der Waals surface area contributed by atoms with Crippen molar-refractivity contribution in [3.05, 3.63) is 29.8 Å². The van der Waals surface area contributed by atoms with Gasteiger partial charge in [0.2, 0.25) is 5.78 Å². The van der Waals surface area contributed by atoms with Crippen LogP contribution in [0.2, 0.25) is 0 Å². The second kappa shape index (κ2) is 5.14. The predicted molar refractivity (Wildman–Crippen MR) is 55.5 cm³/mol. The Kier molecular flexibility index (Phi) is 3.85. The van der Waals surface area contributed by atoms with Crippen LogP contribution < -0.4 is 5.32 Å². The number of carbonyl (C=O) groups is 2. The number of ketones is 1. The molecule has 1 aromatic carbocycles. The molecule has 0 aromatic heterocycles. The quantitative estimate of drug-likeness (QED) is 0.712. The molecule has 0 radical (unpaired) electrons. The highest BCUT2D eigenvalue weighted by atomic mass is 16.3. The summed E-state index contributed by atoms with van der Waals surface area (Å²) >= 11 is 0. The van der Waals surface area contributed by atoms with Crippen LogP contribution in [-0.2, 0) is 16.0 Å². The first-order valence-corrected chi connectivity index (χ1v) is 4.66. The molecule has 0 fully saturated rings. The Morgan fingerprint density at radius 3 is 2.73 bits per heavy atom. The van der Waals surface area contributed by atoms with Crippen LogP contribution in [0.5, 0.6) is 5.75 Å². The Balaban J connectivity index is 2.38. The van der Waals surface area contributed by atoms with Crippen molar-refractivity contribution in [2.45, 2.75) is 13.3 Å². The fraction of sp³-hybridized carbons (Fsp3) is 0.273. The fourth-order valence-electron chi connectivity index (χ4n) is 1.16. The van der Waals surface area contributed by atoms with E-state index in [2.05, 4.69) is 5.32 Å². The van der Waals surface area contributed by atoms with Crippen LogP contribution >= 0.6 is 0 Å². The SMILES string of the molecule is CC(=O)C(=O)NCCc1cccc(O)c1. The summed E-state index contributed by atoms with van der Waals surface area (Å²) in [5, 5.41) is 11.6. The predicted octanol–water partition coefficient (Wildman–Crippen LogP) is 0.640. The van der Waals surface area contributed by atoms with Crippen molar-refractivity contribution >= 4 is 11.7 Å². The molecule has 0 bridgehead atoms. The minimum Gasteiger partial charge on any atom is -0.508 e. The van der Waals surface area contributed by atoms with Gasteiger partial charge < -0.3 is 10.4 Å². The van der Waals surface area contributed by atoms with Gasteiger partial charge in [0.1, 0.15) is 5.75 Å². The first-order chi connectivity index (χ1) is 7.09. The summed E-state index contributed by atoms with van der Waals surface area (Å²) in [5.41, 5.74) is 0.916. The van der Waals surface area contributed by atoms with Gasteiger partial charge in [0.05, 0.1) is 0 Å². The molecule has 0 saturated carbocycles. The smallest absolute Gasteiger partial charge is 0.287 e. The molecule has 0 aliphatic carbocycles. The normalized spacial score (nSPS) is 9.67. The van der Waals surface area contributed by atoms with Crippen LogP contribution in [0.1, 0.15) is 12.5 Å².